The highest BCUT2D eigenvalue weighted by atomic mass is 19.4. The summed E-state index contributed by atoms with van der Waals surface area (Å²) in [5, 5.41) is -0.444. The van der Waals surface area contributed by atoms with E-state index in [9.17, 15) is 30.7 Å². The molecule has 0 heterocycles. The van der Waals surface area contributed by atoms with Crippen molar-refractivity contribution in [3.05, 3.63) is 113 Å². The summed E-state index contributed by atoms with van der Waals surface area (Å²) in [5.41, 5.74) is -2.73. The average Bonchev–Trinajstić information content (AvgIpc) is 2.95. The molecule has 11 heteroatoms. The van der Waals surface area contributed by atoms with Crippen LogP contribution in [-0.2, 0) is 6.11 Å². The highest BCUT2D eigenvalue weighted by molar-refractivity contribution is 5.89. The first-order valence-corrected chi connectivity index (χ1v) is 13.7. The molecule has 0 aliphatic heterocycles. The molecule has 0 N–H and O–H groups in total. The van der Waals surface area contributed by atoms with Crippen LogP contribution in [-0.4, -0.2) is 6.18 Å². The van der Waals surface area contributed by atoms with Gasteiger partial charge in [0.15, 0.2) is 0 Å². The number of halogens is 10. The molecule has 4 aromatic carbocycles. The topological polar surface area (TPSA) is 9.23 Å². The summed E-state index contributed by atoms with van der Waals surface area (Å²) in [7, 11) is 0. The van der Waals surface area contributed by atoms with Crippen LogP contribution in [0.2, 0.25) is 0 Å². The lowest BCUT2D eigenvalue weighted by Crippen LogP contribution is -2.25. The van der Waals surface area contributed by atoms with Crippen molar-refractivity contribution in [3.8, 4) is 28.7 Å². The van der Waals surface area contributed by atoms with Gasteiger partial charge in [-0.3, -0.25) is 0 Å². The monoisotopic (exact) mass is 636 g/mol. The van der Waals surface area contributed by atoms with Gasteiger partial charge in [-0.25, -0.2) is 22.0 Å². The first-order chi connectivity index (χ1) is 21.2. The van der Waals surface area contributed by atoms with Crippen LogP contribution in [0.5, 0.6) is 5.75 Å². The zero-order valence-corrected chi connectivity index (χ0v) is 23.3. The first-order valence-electron chi connectivity index (χ1n) is 13.7. The van der Waals surface area contributed by atoms with Crippen molar-refractivity contribution < 1.29 is 48.6 Å². The minimum absolute atomic E-state index is 0.0286. The lowest BCUT2D eigenvalue weighted by atomic mass is 9.83. The van der Waals surface area contributed by atoms with Gasteiger partial charge in [-0.15, -0.1) is 0 Å². The number of benzene rings is 4. The van der Waals surface area contributed by atoms with E-state index in [1.807, 2.05) is 13.0 Å². The van der Waals surface area contributed by atoms with Crippen molar-refractivity contribution in [2.24, 2.45) is 5.92 Å². The summed E-state index contributed by atoms with van der Waals surface area (Å²) in [6.45, 7) is 2.01. The van der Waals surface area contributed by atoms with E-state index in [4.69, 9.17) is 0 Å². The Balaban J connectivity index is 1.40. The molecule has 0 amide bonds. The molecule has 2 unspecified atom stereocenters. The van der Waals surface area contributed by atoms with Crippen LogP contribution >= 0.6 is 0 Å². The smallest absolute Gasteiger partial charge is 0.429 e. The predicted octanol–water partition coefficient (Wildman–Crippen LogP) is 10.7. The Morgan fingerprint density at radius 3 is 2.09 bits per heavy atom. The van der Waals surface area contributed by atoms with E-state index in [0.29, 0.717) is 18.4 Å². The Morgan fingerprint density at radius 2 is 1.49 bits per heavy atom. The van der Waals surface area contributed by atoms with Gasteiger partial charge in [-0.2, -0.15) is 22.0 Å². The summed E-state index contributed by atoms with van der Waals surface area (Å²) in [6.07, 6.45) is -3.46. The Bertz CT molecular complexity index is 1840. The van der Waals surface area contributed by atoms with E-state index in [2.05, 4.69) is 4.74 Å². The van der Waals surface area contributed by atoms with Gasteiger partial charge in [-0.1, -0.05) is 37.1 Å². The second kappa shape index (κ2) is 12.1. The zero-order valence-electron chi connectivity index (χ0n) is 23.3. The largest absolute Gasteiger partial charge is 0.458 e. The molecule has 0 saturated carbocycles. The quantitative estimate of drug-likeness (QED) is 0.116. The highest BCUT2D eigenvalue weighted by Crippen LogP contribution is 2.40. The minimum atomic E-state index is -4.98. The van der Waals surface area contributed by atoms with Gasteiger partial charge in [0, 0.05) is 28.9 Å². The fourth-order valence-corrected chi connectivity index (χ4v) is 5.32. The highest BCUT2D eigenvalue weighted by Gasteiger charge is 2.41. The van der Waals surface area contributed by atoms with Crippen molar-refractivity contribution >= 4 is 10.8 Å². The van der Waals surface area contributed by atoms with Crippen LogP contribution in [0.25, 0.3) is 21.9 Å². The van der Waals surface area contributed by atoms with E-state index in [1.165, 1.54) is 12.0 Å². The molecule has 0 saturated heterocycles. The molecular formula is C34H22F10O. The number of rotatable bonds is 6. The number of fused-ring (bicyclic) bond motifs is 1. The van der Waals surface area contributed by atoms with Gasteiger partial charge >= 0.3 is 12.3 Å². The molecule has 1 aliphatic rings. The molecule has 0 bridgehead atoms. The maximum absolute atomic E-state index is 15.1. The standard InChI is InChI=1S/C34H22F10O/c1-2-18-3-5-19(6-4-18)21-14-29(37)31(30(38)15-21)34(43,44)45-23-8-10-24(28(36)17-23)20-7-9-25-22(13-20)16-27(35)26(32(25)39)11-12-33(40,41)42/h3,5,7-10,13-19H,2,4,6H2,1H3. The SMILES string of the molecule is CCC1C=CC(c2cc(F)c(C(F)(F)Oc3ccc(-c4ccc5c(F)c(C#CC(F)(F)F)c(F)cc5c4)c(F)c3)c(F)c2)CC1. The zero-order chi connectivity index (χ0) is 32.7. The van der Waals surface area contributed by atoms with Crippen molar-refractivity contribution in [2.75, 3.05) is 0 Å². The normalized spacial score (nSPS) is 16.9. The fourth-order valence-electron chi connectivity index (χ4n) is 5.32. The molecule has 234 valence electrons. The van der Waals surface area contributed by atoms with Gasteiger partial charge in [0.25, 0.3) is 0 Å². The van der Waals surface area contributed by atoms with Gasteiger partial charge in [0.1, 0.15) is 40.4 Å². The van der Waals surface area contributed by atoms with Crippen molar-refractivity contribution in [2.45, 2.75) is 44.4 Å². The van der Waals surface area contributed by atoms with Gasteiger partial charge in [-0.05, 0) is 78.1 Å². The number of hydrogen-bond donors (Lipinski definition) is 0. The number of allylic oxidation sites excluding steroid dienone is 2. The van der Waals surface area contributed by atoms with Crippen LogP contribution in [0.4, 0.5) is 43.9 Å². The van der Waals surface area contributed by atoms with Gasteiger partial charge < -0.3 is 4.74 Å². The van der Waals surface area contributed by atoms with Crippen LogP contribution in [0.15, 0.2) is 66.7 Å². The molecule has 2 atom stereocenters. The molecular weight excluding hydrogens is 614 g/mol. The third-order valence-electron chi connectivity index (χ3n) is 7.63. The van der Waals surface area contributed by atoms with Crippen LogP contribution in [0.1, 0.15) is 48.8 Å². The predicted molar refractivity (Wildman–Crippen MR) is 148 cm³/mol. The Labute approximate surface area is 251 Å². The number of ether oxygens (including phenoxy) is 1. The Hall–Kier alpha value is -4.46. The lowest BCUT2D eigenvalue weighted by molar-refractivity contribution is -0.189. The molecule has 4 aromatic rings. The Kier molecular flexibility index (Phi) is 8.62. The number of alkyl halides is 5. The van der Waals surface area contributed by atoms with Crippen LogP contribution in [0.3, 0.4) is 0 Å². The van der Waals surface area contributed by atoms with Crippen molar-refractivity contribution in [3.63, 3.8) is 0 Å². The minimum Gasteiger partial charge on any atom is -0.429 e. The molecule has 45 heavy (non-hydrogen) atoms. The Morgan fingerprint density at radius 1 is 0.778 bits per heavy atom. The molecule has 0 aromatic heterocycles. The van der Waals surface area contributed by atoms with Gasteiger partial charge in [0.2, 0.25) is 0 Å². The maximum atomic E-state index is 15.1. The summed E-state index contributed by atoms with van der Waals surface area (Å²) >= 11 is 0. The first kappa shape index (κ1) is 31.9. The summed E-state index contributed by atoms with van der Waals surface area (Å²) < 4.78 is 146. The molecule has 1 aliphatic carbocycles. The molecule has 0 radical (unpaired) electrons. The van der Waals surface area contributed by atoms with Crippen LogP contribution in [0, 0.1) is 46.8 Å². The van der Waals surface area contributed by atoms with Crippen LogP contribution < -0.4 is 4.74 Å². The van der Waals surface area contributed by atoms with E-state index in [-0.39, 0.29) is 33.4 Å². The summed E-state index contributed by atoms with van der Waals surface area (Å²) in [6, 6.07) is 8.22. The molecule has 5 rings (SSSR count). The summed E-state index contributed by atoms with van der Waals surface area (Å²) in [4.78, 5) is 0. The summed E-state index contributed by atoms with van der Waals surface area (Å²) in [5.74, 6) is -5.45. The van der Waals surface area contributed by atoms with E-state index in [1.54, 1.807) is 6.08 Å². The van der Waals surface area contributed by atoms with Gasteiger partial charge in [0.05, 0.1) is 5.56 Å². The van der Waals surface area contributed by atoms with Crippen molar-refractivity contribution in [1.29, 1.82) is 0 Å². The second-order valence-electron chi connectivity index (χ2n) is 10.6. The average molecular weight is 637 g/mol. The van der Waals surface area contributed by atoms with E-state index < -0.39 is 58.2 Å². The molecule has 1 nitrogen and oxygen atoms in total. The number of hydrogen-bond acceptors (Lipinski definition) is 1. The lowest BCUT2D eigenvalue weighted by Gasteiger charge is -2.24. The van der Waals surface area contributed by atoms with E-state index >= 15 is 13.2 Å². The molecule has 0 spiro atoms. The van der Waals surface area contributed by atoms with Crippen molar-refractivity contribution in [1.82, 2.24) is 0 Å². The fraction of sp³-hybridized carbons (Fsp3) is 0.235. The maximum Gasteiger partial charge on any atom is 0.458 e. The molecule has 0 fully saturated rings. The third kappa shape index (κ3) is 6.80. The third-order valence-corrected chi connectivity index (χ3v) is 7.63. The second-order valence-corrected chi connectivity index (χ2v) is 10.6. The van der Waals surface area contributed by atoms with E-state index in [0.717, 1.165) is 61.2 Å².